The molecule has 1 aromatic heterocycles. The highest BCUT2D eigenvalue weighted by atomic mass is 79.9. The largest absolute Gasteiger partial charge is 0.462 e. The molecular formula is C15H14BrNO3. The molecule has 1 N–H and O–H groups in total. The number of carbonyl (C=O) groups is 1. The van der Waals surface area contributed by atoms with Gasteiger partial charge < -0.3 is 9.72 Å². The second-order valence-corrected chi connectivity index (χ2v) is 4.76. The zero-order valence-corrected chi connectivity index (χ0v) is 12.6. The predicted octanol–water partition coefficient (Wildman–Crippen LogP) is 3.11. The number of nitrogens with one attached hydrogen (secondary N) is 1. The fourth-order valence-electron chi connectivity index (χ4n) is 1.88. The number of hydrogen-bond donors (Lipinski definition) is 1. The normalized spacial score (nSPS) is 11.1. The van der Waals surface area contributed by atoms with Gasteiger partial charge in [-0.05, 0) is 24.6 Å². The molecule has 0 spiro atoms. The summed E-state index contributed by atoms with van der Waals surface area (Å²) in [5, 5.41) is 1.22. The highest BCUT2D eigenvalue weighted by molar-refractivity contribution is 9.09. The Morgan fingerprint density at radius 1 is 1.45 bits per heavy atom. The van der Waals surface area contributed by atoms with Gasteiger partial charge in [0.15, 0.2) is 0 Å². The molecule has 0 aliphatic heterocycles. The molecule has 1 heterocycles. The lowest BCUT2D eigenvalue weighted by atomic mass is 10.1. The van der Waals surface area contributed by atoms with Crippen molar-refractivity contribution in [3.63, 3.8) is 0 Å². The number of esters is 1. The van der Waals surface area contributed by atoms with Crippen LogP contribution in [0.3, 0.4) is 0 Å². The minimum absolute atomic E-state index is 0.0287. The Morgan fingerprint density at radius 3 is 2.95 bits per heavy atom. The van der Waals surface area contributed by atoms with E-state index in [1.54, 1.807) is 13.0 Å². The van der Waals surface area contributed by atoms with Gasteiger partial charge in [-0.1, -0.05) is 34.1 Å². The Morgan fingerprint density at radius 2 is 2.25 bits per heavy atom. The van der Waals surface area contributed by atoms with Crippen molar-refractivity contribution in [2.24, 2.45) is 0 Å². The maximum atomic E-state index is 12.3. The molecule has 20 heavy (non-hydrogen) atoms. The van der Waals surface area contributed by atoms with Crippen molar-refractivity contribution < 1.29 is 9.53 Å². The maximum absolute atomic E-state index is 12.3. The lowest BCUT2D eigenvalue weighted by molar-refractivity contribution is 0.0524. The average molecular weight is 336 g/mol. The summed E-state index contributed by atoms with van der Waals surface area (Å²) in [4.78, 5) is 27.0. The van der Waals surface area contributed by atoms with E-state index in [9.17, 15) is 9.59 Å². The van der Waals surface area contributed by atoms with Crippen molar-refractivity contribution >= 4 is 38.9 Å². The number of rotatable bonds is 4. The molecule has 0 aliphatic rings. The van der Waals surface area contributed by atoms with Crippen LogP contribution >= 0.6 is 15.9 Å². The van der Waals surface area contributed by atoms with Gasteiger partial charge in [0.1, 0.15) is 5.56 Å². The molecule has 2 aromatic rings. The molecule has 0 radical (unpaired) electrons. The van der Waals surface area contributed by atoms with E-state index in [0.717, 1.165) is 10.9 Å². The standard InChI is InChI=1S/C15H14BrNO3/c1-2-20-15(19)12-9-17-13-6-5-10(4-3-7-16)8-11(13)14(12)18/h3-6,8-9H,2,7H2,1H3,(H,17,18). The number of aromatic nitrogens is 1. The molecule has 5 heteroatoms. The molecule has 1 aromatic carbocycles. The third-order valence-corrected chi connectivity index (χ3v) is 3.17. The molecule has 0 atom stereocenters. The molecule has 0 bridgehead atoms. The number of pyridine rings is 1. The molecule has 0 saturated heterocycles. The highest BCUT2D eigenvalue weighted by Gasteiger charge is 2.13. The highest BCUT2D eigenvalue weighted by Crippen LogP contribution is 2.13. The van der Waals surface area contributed by atoms with Crippen molar-refractivity contribution in [3.05, 3.63) is 51.8 Å². The molecule has 0 fully saturated rings. The predicted molar refractivity (Wildman–Crippen MR) is 83.4 cm³/mol. The summed E-state index contributed by atoms with van der Waals surface area (Å²) in [6, 6.07) is 5.48. The van der Waals surface area contributed by atoms with E-state index < -0.39 is 5.97 Å². The molecule has 2 rings (SSSR count). The summed E-state index contributed by atoms with van der Waals surface area (Å²) >= 11 is 3.30. The van der Waals surface area contributed by atoms with E-state index in [-0.39, 0.29) is 17.6 Å². The van der Waals surface area contributed by atoms with Crippen molar-refractivity contribution in [2.45, 2.75) is 6.92 Å². The molecular weight excluding hydrogens is 322 g/mol. The van der Waals surface area contributed by atoms with Gasteiger partial charge >= 0.3 is 5.97 Å². The van der Waals surface area contributed by atoms with Crippen LogP contribution in [0.1, 0.15) is 22.8 Å². The van der Waals surface area contributed by atoms with Crippen LogP contribution in [0.5, 0.6) is 0 Å². The summed E-state index contributed by atoms with van der Waals surface area (Å²) in [5.41, 5.74) is 1.31. The SMILES string of the molecule is CCOC(=O)c1c[nH]c2ccc(C=CCBr)cc2c1=O. The van der Waals surface area contributed by atoms with Gasteiger partial charge in [0, 0.05) is 22.4 Å². The minimum Gasteiger partial charge on any atom is -0.462 e. The Hall–Kier alpha value is -1.88. The first-order chi connectivity index (χ1) is 9.67. The molecule has 0 unspecified atom stereocenters. The van der Waals surface area contributed by atoms with Crippen molar-refractivity contribution in [2.75, 3.05) is 11.9 Å². The van der Waals surface area contributed by atoms with Crippen LogP contribution < -0.4 is 5.43 Å². The van der Waals surface area contributed by atoms with Gasteiger partial charge in [0.25, 0.3) is 0 Å². The summed E-state index contributed by atoms with van der Waals surface area (Å²) in [7, 11) is 0. The van der Waals surface area contributed by atoms with E-state index >= 15 is 0 Å². The number of fused-ring (bicyclic) bond motifs is 1. The van der Waals surface area contributed by atoms with Crippen molar-refractivity contribution in [1.82, 2.24) is 4.98 Å². The van der Waals surface area contributed by atoms with Crippen molar-refractivity contribution in [1.29, 1.82) is 0 Å². The average Bonchev–Trinajstić information content (AvgIpc) is 2.46. The van der Waals surface area contributed by atoms with Crippen LogP contribution in [-0.2, 0) is 4.74 Å². The number of ether oxygens (including phenoxy) is 1. The van der Waals surface area contributed by atoms with Crippen LogP contribution in [0, 0.1) is 0 Å². The number of carbonyl (C=O) groups excluding carboxylic acids is 1. The van der Waals surface area contributed by atoms with Gasteiger partial charge in [-0.3, -0.25) is 4.79 Å². The number of benzene rings is 1. The van der Waals surface area contributed by atoms with E-state index in [0.29, 0.717) is 10.9 Å². The lowest BCUT2D eigenvalue weighted by Gasteiger charge is -2.04. The molecule has 0 amide bonds. The zero-order chi connectivity index (χ0) is 14.5. The number of hydrogen-bond acceptors (Lipinski definition) is 3. The zero-order valence-electron chi connectivity index (χ0n) is 11.0. The van der Waals surface area contributed by atoms with Crippen LogP contribution in [0.15, 0.2) is 35.3 Å². The number of alkyl halides is 1. The fraction of sp³-hybridized carbons (Fsp3) is 0.200. The number of H-pyrrole nitrogens is 1. The second-order valence-electron chi connectivity index (χ2n) is 4.11. The topological polar surface area (TPSA) is 59.2 Å². The molecule has 0 aliphatic carbocycles. The molecule has 104 valence electrons. The van der Waals surface area contributed by atoms with Crippen LogP contribution in [0.2, 0.25) is 0 Å². The van der Waals surface area contributed by atoms with Gasteiger partial charge in [-0.25, -0.2) is 4.79 Å². The number of allylic oxidation sites excluding steroid dienone is 1. The fourth-order valence-corrected chi connectivity index (χ4v) is 2.07. The second kappa shape index (κ2) is 6.52. The Balaban J connectivity index is 2.55. The Kier molecular flexibility index (Phi) is 4.74. The smallest absolute Gasteiger partial charge is 0.343 e. The first-order valence-corrected chi connectivity index (χ1v) is 7.34. The maximum Gasteiger partial charge on any atom is 0.343 e. The van der Waals surface area contributed by atoms with Crippen molar-refractivity contribution in [3.8, 4) is 0 Å². The first-order valence-electron chi connectivity index (χ1n) is 6.22. The quantitative estimate of drug-likeness (QED) is 0.689. The van der Waals surface area contributed by atoms with Crippen LogP contribution in [0.25, 0.3) is 17.0 Å². The van der Waals surface area contributed by atoms with Crippen LogP contribution in [-0.4, -0.2) is 22.9 Å². The van der Waals surface area contributed by atoms with Crippen LogP contribution in [0.4, 0.5) is 0 Å². The third-order valence-electron chi connectivity index (χ3n) is 2.80. The Labute approximate surface area is 124 Å². The van der Waals surface area contributed by atoms with Gasteiger partial charge in [-0.2, -0.15) is 0 Å². The summed E-state index contributed by atoms with van der Waals surface area (Å²) in [6.07, 6.45) is 5.24. The summed E-state index contributed by atoms with van der Waals surface area (Å²) in [6.45, 7) is 1.95. The number of aromatic amines is 1. The monoisotopic (exact) mass is 335 g/mol. The van der Waals surface area contributed by atoms with E-state index in [4.69, 9.17) is 4.74 Å². The van der Waals surface area contributed by atoms with Gasteiger partial charge in [0.2, 0.25) is 5.43 Å². The van der Waals surface area contributed by atoms with E-state index in [1.165, 1.54) is 6.20 Å². The van der Waals surface area contributed by atoms with Gasteiger partial charge in [0.05, 0.1) is 6.61 Å². The Bertz CT molecular complexity index is 719. The number of halogens is 1. The third kappa shape index (κ3) is 2.99. The van der Waals surface area contributed by atoms with E-state index in [1.807, 2.05) is 24.3 Å². The minimum atomic E-state index is -0.600. The first kappa shape index (κ1) is 14.5. The molecule has 0 saturated carbocycles. The summed E-state index contributed by atoms with van der Waals surface area (Å²) < 4.78 is 4.87. The van der Waals surface area contributed by atoms with Gasteiger partial charge in [-0.15, -0.1) is 0 Å². The summed E-state index contributed by atoms with van der Waals surface area (Å²) in [5.74, 6) is -0.600. The van der Waals surface area contributed by atoms with E-state index in [2.05, 4.69) is 20.9 Å². The lowest BCUT2D eigenvalue weighted by Crippen LogP contribution is -2.18. The molecule has 4 nitrogen and oxygen atoms in total.